The van der Waals surface area contributed by atoms with Crippen LogP contribution in [0.5, 0.6) is 0 Å². The van der Waals surface area contributed by atoms with E-state index in [0.717, 1.165) is 0 Å². The molecule has 0 saturated carbocycles. The zero-order chi connectivity index (χ0) is 12.5. The van der Waals surface area contributed by atoms with E-state index in [0.29, 0.717) is 0 Å². The van der Waals surface area contributed by atoms with Gasteiger partial charge in [0.05, 0.1) is 0 Å². The van der Waals surface area contributed by atoms with Gasteiger partial charge in [0.25, 0.3) is 0 Å². The number of hydrogen-bond donors (Lipinski definition) is 0. The molecule has 0 aromatic rings. The average molecular weight is 282 g/mol. The molecule has 3 heteroatoms. The Balaban J connectivity index is -0.0000000156. The summed E-state index contributed by atoms with van der Waals surface area (Å²) < 4.78 is 0. The van der Waals surface area contributed by atoms with Crippen molar-refractivity contribution in [3.8, 4) is 0 Å². The SMILES string of the molecule is CC(C)(C)[NH-].C[NH-].[CH2-]C.[CH2-]C.[CH2-]C.[Nb+5]. The minimum absolute atomic E-state index is 0. The molecule has 0 heterocycles. The zero-order valence-electron chi connectivity index (χ0n) is 11.1. The summed E-state index contributed by atoms with van der Waals surface area (Å²) in [6.07, 6.45) is 0. The van der Waals surface area contributed by atoms with E-state index < -0.39 is 0 Å². The molecular weight excluding hydrogens is 253 g/mol. The van der Waals surface area contributed by atoms with Crippen LogP contribution in [0.3, 0.4) is 0 Å². The summed E-state index contributed by atoms with van der Waals surface area (Å²) in [6, 6.07) is 0. The van der Waals surface area contributed by atoms with E-state index in [4.69, 9.17) is 11.5 Å². The molecule has 0 aliphatic heterocycles. The molecule has 88 valence electrons. The Morgan fingerprint density at radius 2 is 0.714 bits per heavy atom. The third kappa shape index (κ3) is 3950. The fraction of sp³-hybridized carbons (Fsp3) is 0.727. The molecule has 0 aliphatic carbocycles. The van der Waals surface area contributed by atoms with Crippen molar-refractivity contribution in [2.75, 3.05) is 7.05 Å². The fourth-order valence-corrected chi connectivity index (χ4v) is 0. The second kappa shape index (κ2) is 49.4. The van der Waals surface area contributed by atoms with E-state index in [1.54, 1.807) is 20.8 Å². The van der Waals surface area contributed by atoms with Crippen LogP contribution >= 0.6 is 0 Å². The van der Waals surface area contributed by atoms with Gasteiger partial charge in [-0.1, -0.05) is 20.8 Å². The van der Waals surface area contributed by atoms with Crippen LogP contribution in [0.25, 0.3) is 11.5 Å². The van der Waals surface area contributed by atoms with Crippen LogP contribution in [0, 0.1) is 20.8 Å². The molecule has 0 aliphatic rings. The second-order valence-electron chi connectivity index (χ2n) is 2.25. The molecule has 0 aromatic heterocycles. The molecule has 0 unspecified atom stereocenters. The zero-order valence-corrected chi connectivity index (χ0v) is 13.3. The Hall–Kier alpha value is 0.660. The minimum Gasteiger partial charge on any atom is -0.680 e. The van der Waals surface area contributed by atoms with Crippen molar-refractivity contribution in [3.05, 3.63) is 32.2 Å². The van der Waals surface area contributed by atoms with E-state index in [-0.39, 0.29) is 27.9 Å². The van der Waals surface area contributed by atoms with Crippen molar-refractivity contribution in [1.82, 2.24) is 0 Å². The van der Waals surface area contributed by atoms with Gasteiger partial charge in [-0.15, -0.1) is 5.54 Å². The molecule has 0 spiro atoms. The summed E-state index contributed by atoms with van der Waals surface area (Å²) in [7, 11) is 1.25. The van der Waals surface area contributed by atoms with Crippen LogP contribution in [0.15, 0.2) is 0 Å². The van der Waals surface area contributed by atoms with Gasteiger partial charge in [-0.2, -0.15) is 27.8 Å². The number of rotatable bonds is 0. The van der Waals surface area contributed by atoms with Gasteiger partial charge in [-0.25, -0.2) is 0 Å². The van der Waals surface area contributed by atoms with Crippen molar-refractivity contribution in [3.63, 3.8) is 0 Å². The summed E-state index contributed by atoms with van der Waals surface area (Å²) in [5, 5.41) is 0. The Bertz CT molecular complexity index is 28.8. The fourth-order valence-electron chi connectivity index (χ4n) is 0. The number of nitrogens with one attached hydrogen (secondary N) is 2. The summed E-state index contributed by atoms with van der Waals surface area (Å²) in [4.78, 5) is 0. The van der Waals surface area contributed by atoms with Crippen molar-refractivity contribution < 1.29 is 22.4 Å². The number of hydrogen-bond acceptors (Lipinski definition) is 0. The maximum Gasteiger partial charge on any atom is 5.00 e. The Morgan fingerprint density at radius 3 is 0.714 bits per heavy atom. The molecular formula is C11H29N2Nb. The molecule has 14 heavy (non-hydrogen) atoms. The van der Waals surface area contributed by atoms with Crippen LogP contribution in [-0.4, -0.2) is 12.6 Å². The van der Waals surface area contributed by atoms with Crippen LogP contribution in [-0.2, 0) is 22.4 Å². The Labute approximate surface area is 109 Å². The van der Waals surface area contributed by atoms with Gasteiger partial charge < -0.3 is 32.2 Å². The third-order valence-electron chi connectivity index (χ3n) is 0. The van der Waals surface area contributed by atoms with Gasteiger partial charge in [-0.05, 0) is 0 Å². The normalized spacial score (nSPS) is 6.00. The smallest absolute Gasteiger partial charge is 0.680 e. The van der Waals surface area contributed by atoms with Gasteiger partial charge in [-0.3, -0.25) is 0 Å². The quantitative estimate of drug-likeness (QED) is 0.442. The topological polar surface area (TPSA) is 47.6 Å². The summed E-state index contributed by atoms with van der Waals surface area (Å²) in [6.45, 7) is 20.6. The standard InChI is InChI=1S/C4H10N.3C2H5.CH4N.Nb/c1-4(2,3)5;4*1-2;/h5H,1-3H3;3*1H2,2H3;2H,1H3;/q5*-1;+5. The first-order chi connectivity index (χ1) is 6.00. The van der Waals surface area contributed by atoms with E-state index in [1.165, 1.54) is 7.05 Å². The maximum atomic E-state index is 6.94. The first-order valence-electron chi connectivity index (χ1n) is 4.37. The van der Waals surface area contributed by atoms with Crippen molar-refractivity contribution >= 4 is 0 Å². The predicted molar refractivity (Wildman–Crippen MR) is 67.4 cm³/mol. The molecule has 2 nitrogen and oxygen atoms in total. The molecule has 0 amide bonds. The van der Waals surface area contributed by atoms with Gasteiger partial charge in [0.1, 0.15) is 0 Å². The second-order valence-corrected chi connectivity index (χ2v) is 2.25. The van der Waals surface area contributed by atoms with E-state index in [2.05, 4.69) is 20.8 Å². The Morgan fingerprint density at radius 1 is 0.714 bits per heavy atom. The molecule has 0 radical (unpaired) electrons. The van der Waals surface area contributed by atoms with E-state index >= 15 is 0 Å². The first-order valence-corrected chi connectivity index (χ1v) is 4.37. The summed E-state index contributed by atoms with van der Waals surface area (Å²) in [5.41, 5.74) is 12.4. The molecule has 0 rings (SSSR count). The third-order valence-corrected chi connectivity index (χ3v) is 0. The Kier molecular flexibility index (Phi) is 129. The molecule has 0 bridgehead atoms. The van der Waals surface area contributed by atoms with Crippen LogP contribution < -0.4 is 0 Å². The van der Waals surface area contributed by atoms with Crippen molar-refractivity contribution in [2.24, 2.45) is 0 Å². The minimum atomic E-state index is -0.250. The summed E-state index contributed by atoms with van der Waals surface area (Å²) >= 11 is 0. The van der Waals surface area contributed by atoms with Gasteiger partial charge in [0.15, 0.2) is 0 Å². The molecule has 0 fully saturated rings. The van der Waals surface area contributed by atoms with Crippen molar-refractivity contribution in [1.29, 1.82) is 0 Å². The first kappa shape index (κ1) is 36.5. The van der Waals surface area contributed by atoms with Crippen LogP contribution in [0.2, 0.25) is 0 Å². The van der Waals surface area contributed by atoms with Crippen LogP contribution in [0.4, 0.5) is 0 Å². The molecule has 0 saturated heterocycles. The van der Waals surface area contributed by atoms with Gasteiger partial charge in [0.2, 0.25) is 0 Å². The van der Waals surface area contributed by atoms with Gasteiger partial charge in [0, 0.05) is 0 Å². The van der Waals surface area contributed by atoms with E-state index in [9.17, 15) is 0 Å². The average Bonchev–Trinajstić information content (AvgIpc) is 2.14. The molecule has 0 aromatic carbocycles. The molecule has 2 N–H and O–H groups in total. The predicted octanol–water partition coefficient (Wildman–Crippen LogP) is 5.02. The van der Waals surface area contributed by atoms with E-state index in [1.807, 2.05) is 20.8 Å². The maximum absolute atomic E-state index is 6.94. The largest absolute Gasteiger partial charge is 5.00 e. The van der Waals surface area contributed by atoms with Crippen LogP contribution in [0.1, 0.15) is 41.5 Å². The van der Waals surface area contributed by atoms with Gasteiger partial charge >= 0.3 is 22.4 Å². The molecule has 0 atom stereocenters. The summed E-state index contributed by atoms with van der Waals surface area (Å²) in [5.74, 6) is 0. The monoisotopic (exact) mass is 282 g/mol. The van der Waals surface area contributed by atoms with Crippen molar-refractivity contribution in [2.45, 2.75) is 47.1 Å².